The van der Waals surface area contributed by atoms with E-state index in [0.29, 0.717) is 26.1 Å². The molecule has 0 aliphatic heterocycles. The number of rotatable bonds is 13. The first kappa shape index (κ1) is 31.3. The van der Waals surface area contributed by atoms with Gasteiger partial charge in [-0.3, -0.25) is 9.59 Å². The largest absolute Gasteiger partial charge is 0.373 e. The number of hydrogen-bond acceptors (Lipinski definition) is 4. The molecule has 1 aliphatic rings. The molecule has 0 unspecified atom stereocenters. The van der Waals surface area contributed by atoms with Crippen LogP contribution in [0.15, 0.2) is 66.7 Å². The highest BCUT2D eigenvalue weighted by atomic mass is 16.2. The molecule has 4 rings (SSSR count). The van der Waals surface area contributed by atoms with E-state index in [1.807, 2.05) is 17.0 Å². The lowest BCUT2D eigenvalue weighted by Gasteiger charge is -2.27. The molecule has 42 heavy (non-hydrogen) atoms. The zero-order valence-corrected chi connectivity index (χ0v) is 26.1. The van der Waals surface area contributed by atoms with Gasteiger partial charge in [0, 0.05) is 45.6 Å². The van der Waals surface area contributed by atoms with Crippen molar-refractivity contribution in [3.05, 3.63) is 83.4 Å². The van der Waals surface area contributed by atoms with E-state index in [0.717, 1.165) is 71.4 Å². The number of benzene rings is 3. The van der Waals surface area contributed by atoms with Crippen LogP contribution < -0.4 is 16.0 Å². The molecule has 3 aromatic rings. The average Bonchev–Trinajstić information content (AvgIpc) is 3.81. The Bertz CT molecular complexity index is 1370. The molecule has 2 amide bonds. The van der Waals surface area contributed by atoms with Gasteiger partial charge in [0.2, 0.25) is 11.8 Å². The Morgan fingerprint density at radius 1 is 0.905 bits per heavy atom. The van der Waals surface area contributed by atoms with Gasteiger partial charge in [0.05, 0.1) is 11.4 Å². The summed E-state index contributed by atoms with van der Waals surface area (Å²) in [5.41, 5.74) is 13.0. The number of nitrogens with two attached hydrogens (primary N) is 1. The summed E-state index contributed by atoms with van der Waals surface area (Å²) in [5, 5.41) is 3.22. The molecule has 6 nitrogen and oxygen atoms in total. The second-order valence-electron chi connectivity index (χ2n) is 13.0. The smallest absolute Gasteiger partial charge is 0.227 e. The van der Waals surface area contributed by atoms with Crippen molar-refractivity contribution in [2.45, 2.75) is 79.4 Å². The SMILES string of the molecule is CCCCN(C)c1ccc(-c2cccc(CN(Cc3cccc(CN)c3)C(=O)CC(C)(C)C)c2)cc1NC(=O)C1CC1. The van der Waals surface area contributed by atoms with E-state index in [4.69, 9.17) is 5.73 Å². The van der Waals surface area contributed by atoms with E-state index >= 15 is 0 Å². The van der Waals surface area contributed by atoms with Gasteiger partial charge in [0.25, 0.3) is 0 Å². The number of amides is 2. The van der Waals surface area contributed by atoms with Crippen molar-refractivity contribution in [2.24, 2.45) is 17.1 Å². The standard InChI is InChI=1S/C36H48N4O2/c1-6-7-18-39(5)33-17-16-31(21-32(33)38-35(42)29-14-15-29)30-13-9-12-28(20-30)25-40(34(41)22-36(2,3)4)24-27-11-8-10-26(19-27)23-37/h8-13,16-17,19-21,29H,6-7,14-15,18,22-25,37H2,1-5H3,(H,38,42). The lowest BCUT2D eigenvalue weighted by Crippen LogP contribution is -2.32. The quantitative estimate of drug-likeness (QED) is 0.226. The molecule has 0 spiro atoms. The van der Waals surface area contributed by atoms with Crippen LogP contribution in [0.5, 0.6) is 0 Å². The van der Waals surface area contributed by atoms with Crippen LogP contribution in [0.1, 0.15) is 76.5 Å². The fourth-order valence-electron chi connectivity index (χ4n) is 5.19. The molecule has 0 radical (unpaired) electrons. The third-order valence-corrected chi connectivity index (χ3v) is 7.73. The van der Waals surface area contributed by atoms with Crippen LogP contribution in [0.25, 0.3) is 11.1 Å². The van der Waals surface area contributed by atoms with Gasteiger partial charge in [-0.25, -0.2) is 0 Å². The zero-order chi connectivity index (χ0) is 30.3. The monoisotopic (exact) mass is 568 g/mol. The van der Waals surface area contributed by atoms with Crippen molar-refractivity contribution >= 4 is 23.2 Å². The summed E-state index contributed by atoms with van der Waals surface area (Å²) in [5.74, 6) is 0.376. The molecule has 1 saturated carbocycles. The molecule has 3 N–H and O–H groups in total. The minimum Gasteiger partial charge on any atom is -0.373 e. The summed E-state index contributed by atoms with van der Waals surface area (Å²) >= 11 is 0. The number of nitrogens with zero attached hydrogens (tertiary/aromatic N) is 2. The van der Waals surface area contributed by atoms with E-state index in [2.05, 4.69) is 99.6 Å². The van der Waals surface area contributed by atoms with Crippen molar-refractivity contribution in [3.63, 3.8) is 0 Å². The van der Waals surface area contributed by atoms with E-state index in [-0.39, 0.29) is 23.1 Å². The lowest BCUT2D eigenvalue weighted by molar-refractivity contribution is -0.134. The number of unbranched alkanes of at least 4 members (excludes halogenated alkanes) is 1. The molecule has 1 aliphatic carbocycles. The number of anilines is 2. The molecule has 0 aromatic heterocycles. The van der Waals surface area contributed by atoms with E-state index in [9.17, 15) is 9.59 Å². The normalized spacial score (nSPS) is 13.1. The predicted octanol–water partition coefficient (Wildman–Crippen LogP) is 7.36. The molecular formula is C36H48N4O2. The van der Waals surface area contributed by atoms with Gasteiger partial charge in [0.1, 0.15) is 0 Å². The van der Waals surface area contributed by atoms with Crippen molar-refractivity contribution < 1.29 is 9.59 Å². The van der Waals surface area contributed by atoms with Crippen LogP contribution in [0.4, 0.5) is 11.4 Å². The lowest BCUT2D eigenvalue weighted by atomic mass is 9.91. The molecule has 224 valence electrons. The molecule has 0 atom stereocenters. The first-order valence-electron chi connectivity index (χ1n) is 15.4. The first-order chi connectivity index (χ1) is 20.1. The summed E-state index contributed by atoms with van der Waals surface area (Å²) in [6, 6.07) is 22.9. The van der Waals surface area contributed by atoms with E-state index in [1.54, 1.807) is 0 Å². The number of hydrogen-bond donors (Lipinski definition) is 2. The second-order valence-corrected chi connectivity index (χ2v) is 13.0. The van der Waals surface area contributed by atoms with Crippen LogP contribution in [-0.2, 0) is 29.2 Å². The Labute approximate surface area is 252 Å². The summed E-state index contributed by atoms with van der Waals surface area (Å²) in [7, 11) is 2.09. The Morgan fingerprint density at radius 2 is 1.55 bits per heavy atom. The van der Waals surface area contributed by atoms with Crippen molar-refractivity contribution in [1.29, 1.82) is 0 Å². The van der Waals surface area contributed by atoms with Crippen LogP contribution in [0.2, 0.25) is 0 Å². The predicted molar refractivity (Wildman–Crippen MR) is 174 cm³/mol. The highest BCUT2D eigenvalue weighted by Crippen LogP contribution is 2.35. The fraction of sp³-hybridized carbons (Fsp3) is 0.444. The summed E-state index contributed by atoms with van der Waals surface area (Å²) in [6.45, 7) is 10.9. The van der Waals surface area contributed by atoms with Crippen LogP contribution in [0.3, 0.4) is 0 Å². The Hall–Kier alpha value is -3.64. The molecule has 6 heteroatoms. The Morgan fingerprint density at radius 3 is 2.19 bits per heavy atom. The van der Waals surface area contributed by atoms with Gasteiger partial charge in [-0.2, -0.15) is 0 Å². The van der Waals surface area contributed by atoms with Gasteiger partial charge in [-0.05, 0) is 70.7 Å². The van der Waals surface area contributed by atoms with E-state index < -0.39 is 0 Å². The third-order valence-electron chi connectivity index (χ3n) is 7.73. The van der Waals surface area contributed by atoms with Gasteiger partial charge in [-0.15, -0.1) is 0 Å². The Balaban J connectivity index is 1.61. The maximum Gasteiger partial charge on any atom is 0.227 e. The second kappa shape index (κ2) is 14.0. The van der Waals surface area contributed by atoms with Crippen LogP contribution >= 0.6 is 0 Å². The fourth-order valence-corrected chi connectivity index (χ4v) is 5.19. The van der Waals surface area contributed by atoms with Gasteiger partial charge < -0.3 is 20.9 Å². The maximum atomic E-state index is 13.5. The number of carbonyl (C=O) groups excluding carboxylic acids is 2. The molecule has 1 fully saturated rings. The summed E-state index contributed by atoms with van der Waals surface area (Å²) in [4.78, 5) is 30.5. The topological polar surface area (TPSA) is 78.7 Å². The van der Waals surface area contributed by atoms with Crippen molar-refractivity contribution in [2.75, 3.05) is 23.8 Å². The van der Waals surface area contributed by atoms with Gasteiger partial charge in [-0.1, -0.05) is 82.6 Å². The van der Waals surface area contributed by atoms with Crippen molar-refractivity contribution in [3.8, 4) is 11.1 Å². The Kier molecular flexibility index (Phi) is 10.4. The highest BCUT2D eigenvalue weighted by molar-refractivity contribution is 5.98. The van der Waals surface area contributed by atoms with Gasteiger partial charge >= 0.3 is 0 Å². The van der Waals surface area contributed by atoms with Crippen LogP contribution in [0, 0.1) is 11.3 Å². The highest BCUT2D eigenvalue weighted by Gasteiger charge is 2.30. The number of carbonyl (C=O) groups is 2. The molecule has 3 aromatic carbocycles. The average molecular weight is 569 g/mol. The molecule has 0 bridgehead atoms. The van der Waals surface area contributed by atoms with Crippen LogP contribution in [-0.4, -0.2) is 30.3 Å². The maximum absolute atomic E-state index is 13.5. The van der Waals surface area contributed by atoms with E-state index in [1.165, 1.54) is 0 Å². The molecule has 0 heterocycles. The minimum absolute atomic E-state index is 0.108. The summed E-state index contributed by atoms with van der Waals surface area (Å²) in [6.07, 6.45) is 4.62. The van der Waals surface area contributed by atoms with Crippen molar-refractivity contribution in [1.82, 2.24) is 4.90 Å². The summed E-state index contributed by atoms with van der Waals surface area (Å²) < 4.78 is 0. The molecule has 0 saturated heterocycles. The number of nitrogens with one attached hydrogen (secondary N) is 1. The third kappa shape index (κ3) is 8.93. The minimum atomic E-state index is -0.108. The molecular weight excluding hydrogens is 520 g/mol. The first-order valence-corrected chi connectivity index (χ1v) is 15.4. The zero-order valence-electron chi connectivity index (χ0n) is 26.1. The van der Waals surface area contributed by atoms with Gasteiger partial charge in [0.15, 0.2) is 0 Å².